The molecule has 1 amide bonds. The van der Waals surface area contributed by atoms with Crippen molar-refractivity contribution in [2.75, 3.05) is 18.5 Å². The van der Waals surface area contributed by atoms with Crippen LogP contribution in [0.1, 0.15) is 24.0 Å². The first-order valence-corrected chi connectivity index (χ1v) is 11.2. The highest BCUT2D eigenvalue weighted by Crippen LogP contribution is 2.26. The third kappa shape index (κ3) is 5.84. The topological polar surface area (TPSA) is 56.2 Å². The number of nitrogens with one attached hydrogen (secondary N) is 1. The fourth-order valence-electron chi connectivity index (χ4n) is 3.30. The van der Waals surface area contributed by atoms with Gasteiger partial charge in [-0.1, -0.05) is 30.3 Å². The van der Waals surface area contributed by atoms with Gasteiger partial charge in [-0.3, -0.25) is 4.79 Å². The predicted molar refractivity (Wildman–Crippen MR) is 123 cm³/mol. The fourth-order valence-corrected chi connectivity index (χ4v) is 4.43. The number of anilines is 1. The maximum Gasteiger partial charge on any atom is 0.248 e. The molecule has 1 N–H and O–H groups in total. The summed E-state index contributed by atoms with van der Waals surface area (Å²) in [5.74, 6) is 0.791. The van der Waals surface area contributed by atoms with Crippen LogP contribution in [0.2, 0.25) is 0 Å². The normalized spacial score (nSPS) is 14.8. The summed E-state index contributed by atoms with van der Waals surface area (Å²) in [6.45, 7) is 1.73. The number of amides is 1. The molecular weight excluding hydrogens is 394 g/mol. The molecule has 6 heteroatoms. The van der Waals surface area contributed by atoms with Crippen molar-refractivity contribution in [3.05, 3.63) is 84.2 Å². The molecule has 0 radical (unpaired) electrons. The van der Waals surface area contributed by atoms with Gasteiger partial charge in [-0.25, -0.2) is 4.68 Å². The van der Waals surface area contributed by atoms with Crippen LogP contribution in [-0.4, -0.2) is 34.2 Å². The van der Waals surface area contributed by atoms with E-state index < -0.39 is 0 Å². The summed E-state index contributed by atoms with van der Waals surface area (Å²) in [5.41, 5.74) is 3.89. The Labute approximate surface area is 181 Å². The predicted octanol–water partition coefficient (Wildman–Crippen LogP) is 4.94. The van der Waals surface area contributed by atoms with Crippen LogP contribution in [0.15, 0.2) is 73.1 Å². The molecule has 0 atom stereocenters. The summed E-state index contributed by atoms with van der Waals surface area (Å²) in [7, 11) is 0. The number of nitrogens with zero attached hydrogens (tertiary/aromatic N) is 2. The number of carbonyl (C=O) groups is 1. The molecule has 2 aromatic carbocycles. The average molecular weight is 420 g/mol. The highest BCUT2D eigenvalue weighted by atomic mass is 32.2. The molecule has 1 aliphatic heterocycles. The van der Waals surface area contributed by atoms with Crippen LogP contribution in [0.4, 0.5) is 5.69 Å². The van der Waals surface area contributed by atoms with Gasteiger partial charge in [0.25, 0.3) is 0 Å². The molecule has 1 saturated heterocycles. The molecule has 0 bridgehead atoms. The molecule has 3 aromatic rings. The molecule has 30 heavy (non-hydrogen) atoms. The summed E-state index contributed by atoms with van der Waals surface area (Å²) in [4.78, 5) is 12.3. The molecule has 154 valence electrons. The number of rotatable bonds is 7. The minimum atomic E-state index is -0.156. The molecule has 5 nitrogen and oxygen atoms in total. The second-order valence-electron chi connectivity index (χ2n) is 7.20. The molecule has 0 unspecified atom stereocenters. The van der Waals surface area contributed by atoms with Crippen molar-refractivity contribution in [3.63, 3.8) is 0 Å². The quantitative estimate of drug-likeness (QED) is 0.551. The van der Waals surface area contributed by atoms with Crippen molar-refractivity contribution in [2.45, 2.75) is 23.8 Å². The number of ether oxygens (including phenoxy) is 1. The second-order valence-corrected chi connectivity index (χ2v) is 8.49. The molecule has 1 aliphatic rings. The third-order valence-corrected chi connectivity index (χ3v) is 6.34. The largest absolute Gasteiger partial charge is 0.381 e. The van der Waals surface area contributed by atoms with Crippen molar-refractivity contribution in [1.29, 1.82) is 0 Å². The standard InChI is InChI=1S/C24H25N3O2S/c28-24(10-9-20-16-25-27(17-20)22-7-2-1-3-8-22)26-21-6-4-5-19(15-21)18-30-23-11-13-29-14-12-23/h1-10,15-17,23H,11-14,18H2,(H,26,28). The summed E-state index contributed by atoms with van der Waals surface area (Å²) in [5, 5.41) is 7.95. The summed E-state index contributed by atoms with van der Waals surface area (Å²) in [6.07, 6.45) is 9.18. The van der Waals surface area contributed by atoms with Gasteiger partial charge >= 0.3 is 0 Å². The molecule has 0 aliphatic carbocycles. The minimum absolute atomic E-state index is 0.156. The van der Waals surface area contributed by atoms with Crippen LogP contribution in [0.25, 0.3) is 11.8 Å². The summed E-state index contributed by atoms with van der Waals surface area (Å²) >= 11 is 1.97. The highest BCUT2D eigenvalue weighted by Gasteiger charge is 2.14. The zero-order chi connectivity index (χ0) is 20.6. The van der Waals surface area contributed by atoms with Gasteiger partial charge in [0.1, 0.15) is 0 Å². The number of hydrogen-bond donors (Lipinski definition) is 1. The Balaban J connectivity index is 1.31. The van der Waals surface area contributed by atoms with E-state index in [1.54, 1.807) is 17.0 Å². The van der Waals surface area contributed by atoms with Gasteiger partial charge < -0.3 is 10.1 Å². The van der Waals surface area contributed by atoms with E-state index in [9.17, 15) is 4.79 Å². The number of benzene rings is 2. The van der Waals surface area contributed by atoms with Crippen molar-refractivity contribution in [1.82, 2.24) is 9.78 Å². The Morgan fingerprint density at radius 1 is 1.17 bits per heavy atom. The molecule has 2 heterocycles. The Morgan fingerprint density at radius 3 is 2.83 bits per heavy atom. The van der Waals surface area contributed by atoms with E-state index in [0.717, 1.165) is 48.7 Å². The SMILES string of the molecule is O=C(C=Cc1cnn(-c2ccccc2)c1)Nc1cccc(CSC2CCOCC2)c1. The van der Waals surface area contributed by atoms with Crippen LogP contribution >= 0.6 is 11.8 Å². The number of para-hydroxylation sites is 1. The van der Waals surface area contributed by atoms with Gasteiger partial charge in [0, 0.05) is 47.7 Å². The number of aromatic nitrogens is 2. The zero-order valence-electron chi connectivity index (χ0n) is 16.7. The van der Waals surface area contributed by atoms with Gasteiger partial charge in [-0.05, 0) is 48.7 Å². The zero-order valence-corrected chi connectivity index (χ0v) is 17.6. The van der Waals surface area contributed by atoms with E-state index >= 15 is 0 Å². The van der Waals surface area contributed by atoms with Crippen molar-refractivity contribution < 1.29 is 9.53 Å². The lowest BCUT2D eigenvalue weighted by atomic mass is 10.2. The van der Waals surface area contributed by atoms with E-state index in [0.29, 0.717) is 5.25 Å². The number of thioether (sulfide) groups is 1. The lowest BCUT2D eigenvalue weighted by Crippen LogP contribution is -2.17. The molecule has 1 aromatic heterocycles. The molecule has 1 fully saturated rings. The molecule has 0 spiro atoms. The van der Waals surface area contributed by atoms with Gasteiger partial charge in [0.15, 0.2) is 0 Å². The van der Waals surface area contributed by atoms with Crippen LogP contribution in [0.5, 0.6) is 0 Å². The van der Waals surface area contributed by atoms with E-state index in [1.165, 1.54) is 11.6 Å². The monoisotopic (exact) mass is 419 g/mol. The maximum atomic E-state index is 12.3. The molecular formula is C24H25N3O2S. The maximum absolute atomic E-state index is 12.3. The Bertz CT molecular complexity index is 994. The Hall–Kier alpha value is -2.83. The molecule has 4 rings (SSSR count). The van der Waals surface area contributed by atoms with Gasteiger partial charge in [0.05, 0.1) is 11.9 Å². The average Bonchev–Trinajstić information content (AvgIpc) is 3.27. The van der Waals surface area contributed by atoms with E-state index in [4.69, 9.17) is 4.74 Å². The van der Waals surface area contributed by atoms with E-state index in [2.05, 4.69) is 16.5 Å². The van der Waals surface area contributed by atoms with Gasteiger partial charge in [-0.2, -0.15) is 16.9 Å². The van der Waals surface area contributed by atoms with Crippen LogP contribution in [0.3, 0.4) is 0 Å². The number of hydrogen-bond acceptors (Lipinski definition) is 4. The number of carbonyl (C=O) groups excluding carboxylic acids is 1. The van der Waals surface area contributed by atoms with E-state index in [-0.39, 0.29) is 5.91 Å². The van der Waals surface area contributed by atoms with Crippen LogP contribution in [-0.2, 0) is 15.3 Å². The first kappa shape index (κ1) is 20.4. The van der Waals surface area contributed by atoms with Crippen molar-refractivity contribution >= 4 is 29.4 Å². The molecule has 0 saturated carbocycles. The Morgan fingerprint density at radius 2 is 2.00 bits per heavy atom. The Kier molecular flexibility index (Phi) is 7.00. The van der Waals surface area contributed by atoms with Crippen molar-refractivity contribution in [2.24, 2.45) is 0 Å². The highest BCUT2D eigenvalue weighted by molar-refractivity contribution is 7.99. The summed E-state index contributed by atoms with van der Waals surface area (Å²) < 4.78 is 7.21. The smallest absolute Gasteiger partial charge is 0.248 e. The van der Waals surface area contributed by atoms with E-state index in [1.807, 2.05) is 66.5 Å². The summed E-state index contributed by atoms with van der Waals surface area (Å²) in [6, 6.07) is 17.9. The van der Waals surface area contributed by atoms with Gasteiger partial charge in [0.2, 0.25) is 5.91 Å². The lowest BCUT2D eigenvalue weighted by Gasteiger charge is -2.21. The first-order chi connectivity index (χ1) is 14.8. The second kappa shape index (κ2) is 10.3. The van der Waals surface area contributed by atoms with Crippen molar-refractivity contribution in [3.8, 4) is 5.69 Å². The first-order valence-electron chi connectivity index (χ1n) is 10.1. The third-order valence-electron chi connectivity index (χ3n) is 4.90. The van der Waals surface area contributed by atoms with Gasteiger partial charge in [-0.15, -0.1) is 0 Å². The lowest BCUT2D eigenvalue weighted by molar-refractivity contribution is -0.111. The van der Waals surface area contributed by atoms with Crippen LogP contribution < -0.4 is 5.32 Å². The minimum Gasteiger partial charge on any atom is -0.381 e. The van der Waals surface area contributed by atoms with Crippen LogP contribution in [0, 0.1) is 0 Å². The fraction of sp³-hybridized carbons (Fsp3) is 0.250.